The number of nitrogens with zero attached hydrogens (tertiary/aromatic N) is 2. The molecule has 3 heteroatoms. The summed E-state index contributed by atoms with van der Waals surface area (Å²) in [5.41, 5.74) is 3.43. The number of amides is 1. The summed E-state index contributed by atoms with van der Waals surface area (Å²) in [5, 5.41) is 0.978. The number of para-hydroxylation sites is 1. The molecule has 2 aromatic rings. The quantitative estimate of drug-likeness (QED) is 0.791. The average molecular weight is 308 g/mol. The molecule has 2 aliphatic rings. The zero-order chi connectivity index (χ0) is 16.2. The molecule has 2 heterocycles. The van der Waals surface area contributed by atoms with Crippen LogP contribution in [-0.4, -0.2) is 28.9 Å². The van der Waals surface area contributed by atoms with Crippen molar-refractivity contribution in [3.8, 4) is 0 Å². The smallest absolute Gasteiger partial charge is 0.254 e. The maximum atomic E-state index is 13.2. The molecule has 0 radical (unpaired) electrons. The van der Waals surface area contributed by atoms with Crippen LogP contribution in [0.1, 0.15) is 49.0 Å². The molecule has 1 aliphatic heterocycles. The van der Waals surface area contributed by atoms with Gasteiger partial charge in [-0.3, -0.25) is 9.78 Å². The van der Waals surface area contributed by atoms with Gasteiger partial charge in [0.15, 0.2) is 0 Å². The predicted octanol–water partition coefficient (Wildman–Crippen LogP) is 4.20. The Balaban J connectivity index is 1.70. The number of aromatic nitrogens is 1. The molecular weight excluding hydrogens is 284 g/mol. The van der Waals surface area contributed by atoms with Crippen molar-refractivity contribution in [3.05, 3.63) is 41.6 Å². The Morgan fingerprint density at radius 1 is 1.17 bits per heavy atom. The van der Waals surface area contributed by atoms with Crippen LogP contribution in [0.2, 0.25) is 0 Å². The topological polar surface area (TPSA) is 33.2 Å². The van der Waals surface area contributed by atoms with Crippen LogP contribution in [0, 0.1) is 17.8 Å². The van der Waals surface area contributed by atoms with Crippen molar-refractivity contribution in [1.82, 2.24) is 9.88 Å². The van der Waals surface area contributed by atoms with E-state index in [1.54, 1.807) is 0 Å². The average Bonchev–Trinajstić information content (AvgIpc) is 3.01. The monoisotopic (exact) mass is 308 g/mol. The minimum Gasteiger partial charge on any atom is -0.338 e. The van der Waals surface area contributed by atoms with Crippen molar-refractivity contribution in [2.24, 2.45) is 10.8 Å². The molecule has 2 fully saturated rings. The first-order valence-corrected chi connectivity index (χ1v) is 8.57. The van der Waals surface area contributed by atoms with Crippen molar-refractivity contribution in [2.75, 3.05) is 13.1 Å². The number of fused-ring (bicyclic) bond motifs is 1. The van der Waals surface area contributed by atoms with E-state index in [0.29, 0.717) is 10.8 Å². The van der Waals surface area contributed by atoms with Crippen molar-refractivity contribution in [3.63, 3.8) is 0 Å². The summed E-state index contributed by atoms with van der Waals surface area (Å²) in [7, 11) is 0. The van der Waals surface area contributed by atoms with Gasteiger partial charge in [-0.25, -0.2) is 0 Å². The molecular formula is C20H24N2O. The number of likely N-dealkylation sites (tertiary alicyclic amines) is 1. The van der Waals surface area contributed by atoms with Gasteiger partial charge >= 0.3 is 0 Å². The maximum absolute atomic E-state index is 13.2. The highest BCUT2D eigenvalue weighted by Gasteiger charge is 2.56. The van der Waals surface area contributed by atoms with Gasteiger partial charge in [0.1, 0.15) is 0 Å². The van der Waals surface area contributed by atoms with Crippen LogP contribution in [0.15, 0.2) is 30.5 Å². The molecule has 1 saturated heterocycles. The molecule has 1 aromatic heterocycles. The van der Waals surface area contributed by atoms with Gasteiger partial charge in [-0.05, 0) is 48.6 Å². The molecule has 4 rings (SSSR count). The first kappa shape index (κ1) is 14.7. The lowest BCUT2D eigenvalue weighted by Crippen LogP contribution is -2.49. The summed E-state index contributed by atoms with van der Waals surface area (Å²) in [4.78, 5) is 19.8. The molecule has 0 bridgehead atoms. The standard InChI is InChI=1S/C20H24N2O/c1-14-12-21-16-7-5-4-6-15(16)17(14)18(23)22-11-10-20(13-22)9-8-19(20,2)3/h4-7,12H,8-11,13H2,1-3H3. The van der Waals surface area contributed by atoms with Crippen LogP contribution in [0.25, 0.3) is 10.9 Å². The van der Waals surface area contributed by atoms with Crippen molar-refractivity contribution < 1.29 is 4.79 Å². The number of benzene rings is 1. The van der Waals surface area contributed by atoms with E-state index in [9.17, 15) is 4.79 Å². The Kier molecular flexibility index (Phi) is 3.06. The molecule has 23 heavy (non-hydrogen) atoms. The predicted molar refractivity (Wildman–Crippen MR) is 92.4 cm³/mol. The van der Waals surface area contributed by atoms with Gasteiger partial charge in [0, 0.05) is 24.7 Å². The largest absolute Gasteiger partial charge is 0.338 e. The van der Waals surface area contributed by atoms with Crippen LogP contribution in [0.4, 0.5) is 0 Å². The lowest BCUT2D eigenvalue weighted by Gasteiger charge is -2.54. The van der Waals surface area contributed by atoms with Gasteiger partial charge in [0.05, 0.1) is 11.1 Å². The number of carbonyl (C=O) groups is 1. The number of carbonyl (C=O) groups excluding carboxylic acids is 1. The lowest BCUT2D eigenvalue weighted by molar-refractivity contribution is -0.0396. The molecule has 1 aromatic carbocycles. The Morgan fingerprint density at radius 3 is 2.61 bits per heavy atom. The number of rotatable bonds is 1. The van der Waals surface area contributed by atoms with Gasteiger partial charge < -0.3 is 4.90 Å². The van der Waals surface area contributed by atoms with Gasteiger partial charge in [-0.15, -0.1) is 0 Å². The normalized spacial score (nSPS) is 25.8. The zero-order valence-corrected chi connectivity index (χ0v) is 14.2. The SMILES string of the molecule is Cc1cnc2ccccc2c1C(=O)N1CCC2(CCC2(C)C)C1. The first-order valence-electron chi connectivity index (χ1n) is 8.57. The summed E-state index contributed by atoms with van der Waals surface area (Å²) >= 11 is 0. The fraction of sp³-hybridized carbons (Fsp3) is 0.500. The minimum atomic E-state index is 0.181. The maximum Gasteiger partial charge on any atom is 0.254 e. The van der Waals surface area contributed by atoms with Gasteiger partial charge in [0.25, 0.3) is 5.91 Å². The molecule has 1 unspecified atom stereocenters. The van der Waals surface area contributed by atoms with Gasteiger partial charge in [-0.1, -0.05) is 32.0 Å². The number of aryl methyl sites for hydroxylation is 1. The Hall–Kier alpha value is -1.90. The number of hydrogen-bond acceptors (Lipinski definition) is 2. The highest BCUT2D eigenvalue weighted by molar-refractivity contribution is 6.07. The zero-order valence-electron chi connectivity index (χ0n) is 14.2. The van der Waals surface area contributed by atoms with Gasteiger partial charge in [0.2, 0.25) is 0 Å². The van der Waals surface area contributed by atoms with Crippen LogP contribution in [0.5, 0.6) is 0 Å². The summed E-state index contributed by atoms with van der Waals surface area (Å²) in [5.74, 6) is 0.181. The van der Waals surface area contributed by atoms with E-state index in [2.05, 4.69) is 23.7 Å². The lowest BCUT2D eigenvalue weighted by atomic mass is 9.51. The highest BCUT2D eigenvalue weighted by Crippen LogP contribution is 2.61. The van der Waals surface area contributed by atoms with E-state index in [1.807, 2.05) is 37.4 Å². The van der Waals surface area contributed by atoms with E-state index in [1.165, 1.54) is 12.8 Å². The molecule has 1 aliphatic carbocycles. The molecule has 1 saturated carbocycles. The Bertz CT molecular complexity index is 795. The molecule has 1 atom stereocenters. The molecule has 1 spiro atoms. The summed E-state index contributed by atoms with van der Waals surface area (Å²) in [6.07, 6.45) is 5.52. The third-order valence-corrected chi connectivity index (χ3v) is 6.48. The molecule has 0 N–H and O–H groups in total. The second-order valence-corrected chi connectivity index (χ2v) is 7.97. The van der Waals surface area contributed by atoms with Gasteiger partial charge in [-0.2, -0.15) is 0 Å². The Morgan fingerprint density at radius 2 is 1.96 bits per heavy atom. The van der Waals surface area contributed by atoms with Crippen molar-refractivity contribution in [2.45, 2.75) is 40.0 Å². The van der Waals surface area contributed by atoms with E-state index in [4.69, 9.17) is 0 Å². The first-order chi connectivity index (χ1) is 10.9. The Labute approximate surface area is 137 Å². The number of pyridine rings is 1. The van der Waals surface area contributed by atoms with Crippen LogP contribution in [-0.2, 0) is 0 Å². The second-order valence-electron chi connectivity index (χ2n) is 7.97. The molecule has 3 nitrogen and oxygen atoms in total. The fourth-order valence-electron chi connectivity index (χ4n) is 4.46. The van der Waals surface area contributed by atoms with E-state index in [0.717, 1.165) is 41.5 Å². The van der Waals surface area contributed by atoms with Crippen LogP contribution >= 0.6 is 0 Å². The fourth-order valence-corrected chi connectivity index (χ4v) is 4.46. The minimum absolute atomic E-state index is 0.181. The summed E-state index contributed by atoms with van der Waals surface area (Å²) < 4.78 is 0. The molecule has 120 valence electrons. The third kappa shape index (κ3) is 2.02. The third-order valence-electron chi connectivity index (χ3n) is 6.48. The highest BCUT2D eigenvalue weighted by atomic mass is 16.2. The second kappa shape index (κ2) is 4.80. The van der Waals surface area contributed by atoms with Crippen molar-refractivity contribution in [1.29, 1.82) is 0 Å². The van der Waals surface area contributed by atoms with Crippen molar-refractivity contribution >= 4 is 16.8 Å². The van der Waals surface area contributed by atoms with E-state index >= 15 is 0 Å². The van der Waals surface area contributed by atoms with E-state index in [-0.39, 0.29) is 5.91 Å². The number of hydrogen-bond donors (Lipinski definition) is 0. The van der Waals surface area contributed by atoms with Crippen LogP contribution < -0.4 is 0 Å². The molecule has 1 amide bonds. The summed E-state index contributed by atoms with van der Waals surface area (Å²) in [6.45, 7) is 8.51. The van der Waals surface area contributed by atoms with E-state index < -0.39 is 0 Å². The summed E-state index contributed by atoms with van der Waals surface area (Å²) in [6, 6.07) is 7.95. The van der Waals surface area contributed by atoms with Crippen LogP contribution in [0.3, 0.4) is 0 Å².